The molecule has 1 aliphatic rings. The van der Waals surface area contributed by atoms with Gasteiger partial charge < -0.3 is 14.8 Å². The van der Waals surface area contributed by atoms with Gasteiger partial charge in [-0.3, -0.25) is 4.79 Å². The minimum atomic E-state index is -0.793. The summed E-state index contributed by atoms with van der Waals surface area (Å²) < 4.78 is 5.03. The molecule has 1 aliphatic carbocycles. The normalized spacial score (nSPS) is 21.1. The van der Waals surface area contributed by atoms with Crippen molar-refractivity contribution in [3.8, 4) is 0 Å². The highest BCUT2D eigenvalue weighted by atomic mass is 16.3. The first kappa shape index (κ1) is 14.1. The molecule has 2 N–H and O–H groups in total. The number of amides is 1. The molecular formula is C14H22N2O3. The zero-order chi connectivity index (χ0) is 14.1. The molecule has 0 radical (unpaired) electrons. The number of hydrogen-bond acceptors (Lipinski definition) is 4. The van der Waals surface area contributed by atoms with Gasteiger partial charge in [-0.1, -0.05) is 13.8 Å². The number of hydrogen-bond donors (Lipinski definition) is 2. The standard InChI is InChI=1S/C14H22N2O3/c1-10-11(19-9-16-10)12(17)15-8-14(18)6-4-13(2,3)5-7-14/h9,18H,4-8H2,1-3H3,(H,15,17). The average molecular weight is 266 g/mol. The van der Waals surface area contributed by atoms with E-state index in [1.54, 1.807) is 6.92 Å². The van der Waals surface area contributed by atoms with Crippen LogP contribution in [0.3, 0.4) is 0 Å². The molecule has 1 amide bonds. The molecule has 0 aliphatic heterocycles. The summed E-state index contributed by atoms with van der Waals surface area (Å²) >= 11 is 0. The Bertz CT molecular complexity index is 455. The molecule has 1 saturated carbocycles. The lowest BCUT2D eigenvalue weighted by Crippen LogP contribution is -2.46. The molecule has 1 heterocycles. The van der Waals surface area contributed by atoms with Gasteiger partial charge >= 0.3 is 0 Å². The molecule has 5 heteroatoms. The number of oxazole rings is 1. The maximum atomic E-state index is 11.9. The Labute approximate surface area is 113 Å². The maximum absolute atomic E-state index is 11.9. The van der Waals surface area contributed by atoms with E-state index in [0.29, 0.717) is 5.69 Å². The largest absolute Gasteiger partial charge is 0.438 e. The minimum absolute atomic E-state index is 0.222. The van der Waals surface area contributed by atoms with Crippen LogP contribution in [0.2, 0.25) is 0 Å². The van der Waals surface area contributed by atoms with Crippen LogP contribution in [0.5, 0.6) is 0 Å². The SMILES string of the molecule is Cc1ncoc1C(=O)NCC1(O)CCC(C)(C)CC1. The molecule has 106 valence electrons. The van der Waals surface area contributed by atoms with E-state index in [1.807, 2.05) is 0 Å². The smallest absolute Gasteiger partial charge is 0.289 e. The van der Waals surface area contributed by atoms with E-state index in [1.165, 1.54) is 6.39 Å². The first-order valence-electron chi connectivity index (χ1n) is 6.72. The van der Waals surface area contributed by atoms with Gasteiger partial charge in [0.05, 0.1) is 11.3 Å². The lowest BCUT2D eigenvalue weighted by Gasteiger charge is -2.40. The van der Waals surface area contributed by atoms with E-state index < -0.39 is 5.60 Å². The Hall–Kier alpha value is -1.36. The van der Waals surface area contributed by atoms with Gasteiger partial charge in [0.1, 0.15) is 0 Å². The molecule has 0 aromatic carbocycles. The molecule has 0 atom stereocenters. The van der Waals surface area contributed by atoms with Crippen LogP contribution in [-0.2, 0) is 0 Å². The molecule has 0 saturated heterocycles. The highest BCUT2D eigenvalue weighted by Crippen LogP contribution is 2.39. The Morgan fingerprint density at radius 3 is 2.58 bits per heavy atom. The molecule has 0 bridgehead atoms. The van der Waals surface area contributed by atoms with Crippen molar-refractivity contribution in [1.82, 2.24) is 10.3 Å². The van der Waals surface area contributed by atoms with Crippen molar-refractivity contribution in [3.63, 3.8) is 0 Å². The summed E-state index contributed by atoms with van der Waals surface area (Å²) in [5.74, 6) is -0.0898. The second kappa shape index (κ2) is 4.96. The van der Waals surface area contributed by atoms with Gasteiger partial charge in [-0.05, 0) is 38.0 Å². The number of aliphatic hydroxyl groups is 1. The van der Waals surface area contributed by atoms with Crippen molar-refractivity contribution in [2.24, 2.45) is 5.41 Å². The van der Waals surface area contributed by atoms with Gasteiger partial charge in [-0.2, -0.15) is 0 Å². The molecule has 1 aromatic rings. The van der Waals surface area contributed by atoms with Crippen LogP contribution >= 0.6 is 0 Å². The van der Waals surface area contributed by atoms with Crippen molar-refractivity contribution in [3.05, 3.63) is 17.8 Å². The molecule has 19 heavy (non-hydrogen) atoms. The number of nitrogens with one attached hydrogen (secondary N) is 1. The van der Waals surface area contributed by atoms with Gasteiger partial charge in [0.15, 0.2) is 6.39 Å². The fourth-order valence-corrected chi connectivity index (χ4v) is 2.41. The average Bonchev–Trinajstić information content (AvgIpc) is 2.77. The zero-order valence-corrected chi connectivity index (χ0v) is 11.8. The monoisotopic (exact) mass is 266 g/mol. The highest BCUT2D eigenvalue weighted by Gasteiger charge is 2.37. The van der Waals surface area contributed by atoms with E-state index in [-0.39, 0.29) is 23.6 Å². The van der Waals surface area contributed by atoms with Crippen molar-refractivity contribution in [2.45, 2.75) is 52.1 Å². The van der Waals surface area contributed by atoms with E-state index in [9.17, 15) is 9.90 Å². The molecule has 0 spiro atoms. The molecule has 0 unspecified atom stereocenters. The summed E-state index contributed by atoms with van der Waals surface area (Å²) in [5, 5.41) is 13.2. The first-order valence-corrected chi connectivity index (χ1v) is 6.72. The van der Waals surface area contributed by atoms with Crippen LogP contribution in [0, 0.1) is 12.3 Å². The maximum Gasteiger partial charge on any atom is 0.289 e. The predicted octanol–water partition coefficient (Wildman–Crippen LogP) is 2.04. The molecule has 1 aromatic heterocycles. The first-order chi connectivity index (χ1) is 8.81. The summed E-state index contributed by atoms with van der Waals surface area (Å²) in [6, 6.07) is 0. The van der Waals surface area contributed by atoms with Gasteiger partial charge in [0, 0.05) is 6.54 Å². The summed E-state index contributed by atoms with van der Waals surface area (Å²) in [4.78, 5) is 15.8. The van der Waals surface area contributed by atoms with Gasteiger partial charge in [0.25, 0.3) is 5.91 Å². The third-order valence-corrected chi connectivity index (χ3v) is 4.06. The van der Waals surface area contributed by atoms with Gasteiger partial charge in [-0.15, -0.1) is 0 Å². The third kappa shape index (κ3) is 3.35. The van der Waals surface area contributed by atoms with Gasteiger partial charge in [-0.25, -0.2) is 4.98 Å². The summed E-state index contributed by atoms with van der Waals surface area (Å²) in [6.07, 6.45) is 4.63. The second-order valence-electron chi connectivity index (χ2n) is 6.34. The second-order valence-corrected chi connectivity index (χ2v) is 6.34. The van der Waals surface area contributed by atoms with Crippen LogP contribution in [-0.4, -0.2) is 28.1 Å². The predicted molar refractivity (Wildman–Crippen MR) is 70.8 cm³/mol. The van der Waals surface area contributed by atoms with Crippen LogP contribution in [0.15, 0.2) is 10.8 Å². The number of rotatable bonds is 3. The van der Waals surface area contributed by atoms with E-state index in [0.717, 1.165) is 25.7 Å². The lowest BCUT2D eigenvalue weighted by molar-refractivity contribution is -0.0234. The molecule has 1 fully saturated rings. The molecule has 2 rings (SSSR count). The van der Waals surface area contributed by atoms with Gasteiger partial charge in [0.2, 0.25) is 5.76 Å². The Morgan fingerprint density at radius 1 is 1.42 bits per heavy atom. The quantitative estimate of drug-likeness (QED) is 0.878. The van der Waals surface area contributed by atoms with Crippen molar-refractivity contribution < 1.29 is 14.3 Å². The lowest BCUT2D eigenvalue weighted by atomic mass is 9.71. The Balaban J connectivity index is 1.89. The number of carbonyl (C=O) groups is 1. The summed E-state index contributed by atoms with van der Waals surface area (Å²) in [7, 11) is 0. The van der Waals surface area contributed by atoms with E-state index >= 15 is 0 Å². The van der Waals surface area contributed by atoms with Crippen LogP contribution in [0.4, 0.5) is 0 Å². The number of nitrogens with zero attached hydrogens (tertiary/aromatic N) is 1. The fourth-order valence-electron chi connectivity index (χ4n) is 2.41. The number of aromatic nitrogens is 1. The highest BCUT2D eigenvalue weighted by molar-refractivity contribution is 5.92. The van der Waals surface area contributed by atoms with Crippen molar-refractivity contribution in [2.75, 3.05) is 6.54 Å². The summed E-state index contributed by atoms with van der Waals surface area (Å²) in [6.45, 7) is 6.41. The minimum Gasteiger partial charge on any atom is -0.438 e. The van der Waals surface area contributed by atoms with E-state index in [4.69, 9.17) is 4.42 Å². The third-order valence-electron chi connectivity index (χ3n) is 4.06. The zero-order valence-electron chi connectivity index (χ0n) is 11.8. The number of aryl methyl sites for hydroxylation is 1. The Kier molecular flexibility index (Phi) is 3.67. The van der Waals surface area contributed by atoms with Crippen LogP contribution < -0.4 is 5.32 Å². The molecule has 5 nitrogen and oxygen atoms in total. The van der Waals surface area contributed by atoms with Crippen molar-refractivity contribution in [1.29, 1.82) is 0 Å². The Morgan fingerprint density at radius 2 is 2.05 bits per heavy atom. The van der Waals surface area contributed by atoms with Crippen LogP contribution in [0.25, 0.3) is 0 Å². The van der Waals surface area contributed by atoms with Crippen LogP contribution in [0.1, 0.15) is 55.8 Å². The fraction of sp³-hybridized carbons (Fsp3) is 0.714. The summed E-state index contributed by atoms with van der Waals surface area (Å²) in [5.41, 5.74) is 0.0610. The van der Waals surface area contributed by atoms with E-state index in [2.05, 4.69) is 24.1 Å². The number of carbonyl (C=O) groups excluding carboxylic acids is 1. The van der Waals surface area contributed by atoms with Crippen molar-refractivity contribution >= 4 is 5.91 Å². The molecular weight excluding hydrogens is 244 g/mol. The topological polar surface area (TPSA) is 75.4 Å².